The van der Waals surface area contributed by atoms with Crippen LogP contribution in [0.5, 0.6) is 0 Å². The second-order valence-electron chi connectivity index (χ2n) is 7.13. The summed E-state index contributed by atoms with van der Waals surface area (Å²) in [6.45, 7) is 2.99. The maximum absolute atomic E-state index is 10.3. The fourth-order valence-corrected chi connectivity index (χ4v) is 4.05. The molecule has 1 saturated carbocycles. The van der Waals surface area contributed by atoms with Crippen LogP contribution in [0, 0.1) is 11.8 Å². The van der Waals surface area contributed by atoms with Crippen molar-refractivity contribution in [3.8, 4) is 0 Å². The van der Waals surface area contributed by atoms with E-state index in [-0.39, 0.29) is 6.10 Å². The zero-order chi connectivity index (χ0) is 15.2. The standard InChI is InChI=1S/C18H29N3O/c22-18-14-21(10-7-15-5-3-1-2-4-6-15)13-16(18)11-17-12-19-8-9-20-17/h8-9,12,15-16,18,22H,1-7,10-11,13-14H2/t16-,18-/m1/s1. The van der Waals surface area contributed by atoms with E-state index >= 15 is 0 Å². The van der Waals surface area contributed by atoms with Gasteiger partial charge >= 0.3 is 0 Å². The van der Waals surface area contributed by atoms with Gasteiger partial charge in [0.05, 0.1) is 11.8 Å². The number of β-amino-alcohol motifs (C(OH)–C–C–N with tert-alkyl or cyclic N) is 1. The van der Waals surface area contributed by atoms with Crippen molar-refractivity contribution >= 4 is 0 Å². The monoisotopic (exact) mass is 303 g/mol. The predicted octanol–water partition coefficient (Wildman–Crippen LogP) is 2.67. The summed E-state index contributed by atoms with van der Waals surface area (Å²) in [5.41, 5.74) is 0.997. The molecule has 2 fully saturated rings. The molecule has 22 heavy (non-hydrogen) atoms. The summed E-state index contributed by atoms with van der Waals surface area (Å²) in [5.74, 6) is 1.23. The van der Waals surface area contributed by atoms with Crippen molar-refractivity contribution in [2.45, 2.75) is 57.5 Å². The van der Waals surface area contributed by atoms with Gasteiger partial charge in [0, 0.05) is 37.6 Å². The van der Waals surface area contributed by atoms with Crippen LogP contribution in [0.15, 0.2) is 18.6 Å². The maximum Gasteiger partial charge on any atom is 0.0711 e. The highest BCUT2D eigenvalue weighted by Gasteiger charge is 2.31. The Morgan fingerprint density at radius 3 is 2.64 bits per heavy atom. The topological polar surface area (TPSA) is 49.2 Å². The zero-order valence-electron chi connectivity index (χ0n) is 13.5. The molecule has 0 radical (unpaired) electrons. The summed E-state index contributed by atoms with van der Waals surface area (Å²) in [4.78, 5) is 10.9. The van der Waals surface area contributed by atoms with Crippen LogP contribution >= 0.6 is 0 Å². The third-order valence-corrected chi connectivity index (χ3v) is 5.40. The summed E-state index contributed by atoms with van der Waals surface area (Å²) < 4.78 is 0. The van der Waals surface area contributed by atoms with Gasteiger partial charge in [-0.25, -0.2) is 0 Å². The summed E-state index contributed by atoms with van der Waals surface area (Å²) >= 11 is 0. The lowest BCUT2D eigenvalue weighted by Crippen LogP contribution is -2.24. The molecule has 4 nitrogen and oxygen atoms in total. The molecule has 0 unspecified atom stereocenters. The average molecular weight is 303 g/mol. The van der Waals surface area contributed by atoms with Crippen molar-refractivity contribution in [3.63, 3.8) is 0 Å². The fourth-order valence-electron chi connectivity index (χ4n) is 4.05. The highest BCUT2D eigenvalue weighted by molar-refractivity contribution is 4.99. The first-order valence-electron chi connectivity index (χ1n) is 8.96. The van der Waals surface area contributed by atoms with Gasteiger partial charge in [-0.3, -0.25) is 9.97 Å². The Labute approximate surface area is 134 Å². The van der Waals surface area contributed by atoms with Crippen LogP contribution in [0.1, 0.15) is 50.6 Å². The normalized spacial score (nSPS) is 27.9. The number of aliphatic hydroxyl groups excluding tert-OH is 1. The highest BCUT2D eigenvalue weighted by Crippen LogP contribution is 2.27. The minimum absolute atomic E-state index is 0.212. The predicted molar refractivity (Wildman–Crippen MR) is 87.5 cm³/mol. The van der Waals surface area contributed by atoms with E-state index in [4.69, 9.17) is 0 Å². The number of hydrogen-bond donors (Lipinski definition) is 1. The Balaban J connectivity index is 1.44. The van der Waals surface area contributed by atoms with Crippen LogP contribution in [0.25, 0.3) is 0 Å². The van der Waals surface area contributed by atoms with E-state index in [1.165, 1.54) is 44.9 Å². The van der Waals surface area contributed by atoms with Crippen molar-refractivity contribution in [2.75, 3.05) is 19.6 Å². The van der Waals surface area contributed by atoms with Crippen molar-refractivity contribution < 1.29 is 5.11 Å². The van der Waals surface area contributed by atoms with Crippen LogP contribution in [0.2, 0.25) is 0 Å². The molecule has 1 aromatic rings. The second kappa shape index (κ2) is 8.02. The Morgan fingerprint density at radius 2 is 1.91 bits per heavy atom. The quantitative estimate of drug-likeness (QED) is 0.850. The number of likely N-dealkylation sites (tertiary alicyclic amines) is 1. The molecule has 122 valence electrons. The Hall–Kier alpha value is -1.00. The summed E-state index contributed by atoms with van der Waals surface area (Å²) in [6, 6.07) is 0. The summed E-state index contributed by atoms with van der Waals surface area (Å²) in [7, 11) is 0. The van der Waals surface area contributed by atoms with Crippen molar-refractivity contribution in [3.05, 3.63) is 24.3 Å². The molecule has 2 heterocycles. The van der Waals surface area contributed by atoms with Gasteiger partial charge in [0.2, 0.25) is 0 Å². The molecule has 1 aliphatic heterocycles. The van der Waals surface area contributed by atoms with Crippen molar-refractivity contribution in [2.24, 2.45) is 11.8 Å². The number of hydrogen-bond acceptors (Lipinski definition) is 4. The van der Waals surface area contributed by atoms with Gasteiger partial charge in [0.25, 0.3) is 0 Å². The van der Waals surface area contributed by atoms with E-state index in [0.717, 1.165) is 37.7 Å². The molecular weight excluding hydrogens is 274 g/mol. The fraction of sp³-hybridized carbons (Fsp3) is 0.778. The van der Waals surface area contributed by atoms with Crippen molar-refractivity contribution in [1.29, 1.82) is 0 Å². The Morgan fingerprint density at radius 1 is 1.09 bits per heavy atom. The molecule has 1 saturated heterocycles. The molecule has 0 spiro atoms. The van der Waals surface area contributed by atoms with E-state index in [2.05, 4.69) is 14.9 Å². The number of nitrogens with zero attached hydrogens (tertiary/aromatic N) is 3. The molecule has 1 aromatic heterocycles. The molecule has 1 N–H and O–H groups in total. The first-order chi connectivity index (χ1) is 10.8. The van der Waals surface area contributed by atoms with E-state index in [0.29, 0.717) is 5.92 Å². The van der Waals surface area contributed by atoms with Gasteiger partial charge in [-0.15, -0.1) is 0 Å². The van der Waals surface area contributed by atoms with E-state index in [9.17, 15) is 5.11 Å². The second-order valence-corrected chi connectivity index (χ2v) is 7.13. The van der Waals surface area contributed by atoms with Gasteiger partial charge in [0.15, 0.2) is 0 Å². The van der Waals surface area contributed by atoms with Crippen LogP contribution in [-0.2, 0) is 6.42 Å². The first kappa shape index (κ1) is 15.9. The molecule has 2 atom stereocenters. The smallest absolute Gasteiger partial charge is 0.0711 e. The van der Waals surface area contributed by atoms with Gasteiger partial charge in [-0.1, -0.05) is 38.5 Å². The molecule has 4 heteroatoms. The third kappa shape index (κ3) is 4.50. The molecular formula is C18H29N3O. The Bertz CT molecular complexity index is 431. The summed E-state index contributed by atoms with van der Waals surface area (Å²) in [6.07, 6.45) is 15.7. The van der Waals surface area contributed by atoms with Crippen LogP contribution in [-0.4, -0.2) is 45.7 Å². The number of rotatable bonds is 5. The lowest BCUT2D eigenvalue weighted by atomic mass is 9.96. The molecule has 0 aromatic carbocycles. The van der Waals surface area contributed by atoms with Gasteiger partial charge in [-0.2, -0.15) is 0 Å². The van der Waals surface area contributed by atoms with Gasteiger partial charge in [0.1, 0.15) is 0 Å². The first-order valence-corrected chi connectivity index (χ1v) is 8.96. The number of aliphatic hydroxyl groups is 1. The minimum atomic E-state index is -0.212. The van der Waals surface area contributed by atoms with Gasteiger partial charge < -0.3 is 10.0 Å². The largest absolute Gasteiger partial charge is 0.391 e. The lowest BCUT2D eigenvalue weighted by molar-refractivity contribution is 0.140. The van der Waals surface area contributed by atoms with Crippen LogP contribution < -0.4 is 0 Å². The van der Waals surface area contributed by atoms with E-state index in [1.807, 2.05) is 6.20 Å². The maximum atomic E-state index is 10.3. The van der Waals surface area contributed by atoms with Crippen molar-refractivity contribution in [1.82, 2.24) is 14.9 Å². The third-order valence-electron chi connectivity index (χ3n) is 5.40. The zero-order valence-corrected chi connectivity index (χ0v) is 13.5. The SMILES string of the molecule is O[C@@H]1CN(CCC2CCCCCC2)C[C@H]1Cc1cnccn1. The van der Waals surface area contributed by atoms with E-state index in [1.54, 1.807) is 12.4 Å². The van der Waals surface area contributed by atoms with E-state index < -0.39 is 0 Å². The Kier molecular flexibility index (Phi) is 5.79. The molecule has 1 aliphatic carbocycles. The molecule has 2 aliphatic rings. The number of aromatic nitrogens is 2. The van der Waals surface area contributed by atoms with Crippen LogP contribution in [0.4, 0.5) is 0 Å². The average Bonchev–Trinajstić information content (AvgIpc) is 2.75. The minimum Gasteiger partial charge on any atom is -0.391 e. The molecule has 0 bridgehead atoms. The van der Waals surface area contributed by atoms with Gasteiger partial charge in [-0.05, 0) is 25.3 Å². The lowest BCUT2D eigenvalue weighted by Gasteiger charge is -2.20. The van der Waals surface area contributed by atoms with Crippen LogP contribution in [0.3, 0.4) is 0 Å². The summed E-state index contributed by atoms with van der Waals surface area (Å²) in [5, 5.41) is 10.3. The molecule has 3 rings (SSSR count). The molecule has 0 amide bonds. The highest BCUT2D eigenvalue weighted by atomic mass is 16.3.